The van der Waals surface area contributed by atoms with E-state index in [0.29, 0.717) is 24.2 Å². The number of carbonyl (C=O) groups is 3. The van der Waals surface area contributed by atoms with E-state index in [2.05, 4.69) is 47.2 Å². The number of H-pyrrole nitrogens is 3. The van der Waals surface area contributed by atoms with Gasteiger partial charge in [-0.2, -0.15) is 0 Å². The summed E-state index contributed by atoms with van der Waals surface area (Å²) in [5, 5.41) is 59.0. The van der Waals surface area contributed by atoms with Gasteiger partial charge < -0.3 is 61.9 Å². The average Bonchev–Trinajstić information content (AvgIpc) is 0.784. The van der Waals surface area contributed by atoms with Crippen molar-refractivity contribution in [2.45, 2.75) is 79.1 Å². The first-order valence-electron chi connectivity index (χ1n) is 35.1. The number of nitrogens with zero attached hydrogens (tertiary/aromatic N) is 6. The van der Waals surface area contributed by atoms with E-state index in [9.17, 15) is 58.5 Å². The number of hydrogen-bond donors (Lipinski definition) is 12. The van der Waals surface area contributed by atoms with E-state index in [1.807, 2.05) is 133 Å². The lowest BCUT2D eigenvalue weighted by molar-refractivity contribution is 0.0817. The highest BCUT2D eigenvalue weighted by Gasteiger charge is 2.29. The lowest BCUT2D eigenvalue weighted by Crippen LogP contribution is -2.37. The molecular weight excluding hydrogens is 1390 g/mol. The molecule has 3 heterocycles. The Hall–Kier alpha value is -13.6. The van der Waals surface area contributed by atoms with Gasteiger partial charge >= 0.3 is 0 Å². The summed E-state index contributed by atoms with van der Waals surface area (Å²) in [7, 11) is 9.47. The van der Waals surface area contributed by atoms with Crippen molar-refractivity contribution in [3.05, 3.63) is 302 Å². The third-order valence-electron chi connectivity index (χ3n) is 17.9. The maximum atomic E-state index is 13.7. The summed E-state index contributed by atoms with van der Waals surface area (Å²) in [6, 6.07) is 59.1. The van der Waals surface area contributed by atoms with E-state index < -0.39 is 51.1 Å². The second kappa shape index (κ2) is 35.5. The Morgan fingerprint density at radius 3 is 1.02 bits per heavy atom. The second-order valence-electron chi connectivity index (χ2n) is 27.2. The number of aromatic amines is 3. The van der Waals surface area contributed by atoms with Crippen LogP contribution in [0.15, 0.2) is 235 Å². The molecule has 12 N–H and O–H groups in total. The third-order valence-corrected chi connectivity index (χ3v) is 17.9. The largest absolute Gasteiger partial charge is 0.505 e. The van der Waals surface area contributed by atoms with Gasteiger partial charge in [0.2, 0.25) is 0 Å². The minimum atomic E-state index is -0.542. The molecule has 0 aliphatic rings. The molecule has 0 fully saturated rings. The fraction of sp³-hybridized carbons (Fsp3) is 0.232. The van der Waals surface area contributed by atoms with E-state index in [1.54, 1.807) is 127 Å². The van der Waals surface area contributed by atoms with Gasteiger partial charge in [-0.3, -0.25) is 58.4 Å². The van der Waals surface area contributed by atoms with E-state index in [-0.39, 0.29) is 115 Å². The highest BCUT2D eigenvalue weighted by molar-refractivity contribution is 6.00. The first-order valence-corrected chi connectivity index (χ1v) is 35.1. The third kappa shape index (κ3) is 18.9. The summed E-state index contributed by atoms with van der Waals surface area (Å²) < 4.78 is 3.51. The number of rotatable bonds is 23. The normalized spacial score (nSPS) is 11.7. The minimum Gasteiger partial charge on any atom is -0.505 e. The molecule has 8 aromatic carbocycles. The van der Waals surface area contributed by atoms with Gasteiger partial charge in [0.1, 0.15) is 34.1 Å². The molecule has 3 aromatic heterocycles. The Balaban J connectivity index is 0.000000189. The number of nitrogens with one attached hydrogen (secondary N) is 9. The SMILES string of the molecule is CC[C@@H](Nc1c(Nc2cccc(C(=O)N(C)C)c2O)c(=O)n(-c2ccccc2)[nH]c1=O)c1ccccc1.CC[C@@H](Nc1c(Nc2cccc(C(=O)N(C)C)c2O)c(=O)n(Cc2ccccc2)[nH]c1=O)c1ccccc1.C[C@H](Nc1c(Nc2cccc(C(=O)N(C)C)c2O)c(=O)n(-c2ccccc2)[nH]c1=O)C(C)(C)C. The Bertz CT molecular complexity index is 5400. The highest BCUT2D eigenvalue weighted by Crippen LogP contribution is 2.37. The van der Waals surface area contributed by atoms with Crippen molar-refractivity contribution in [3.8, 4) is 28.6 Å². The smallest absolute Gasteiger partial charge is 0.295 e. The molecular formula is C82H91N15O12. The van der Waals surface area contributed by atoms with Crippen LogP contribution >= 0.6 is 0 Å². The predicted molar refractivity (Wildman–Crippen MR) is 429 cm³/mol. The van der Waals surface area contributed by atoms with Gasteiger partial charge in [-0.25, -0.2) is 14.0 Å². The highest BCUT2D eigenvalue weighted by atomic mass is 16.3. The molecule has 3 atom stereocenters. The van der Waals surface area contributed by atoms with E-state index in [4.69, 9.17) is 0 Å². The summed E-state index contributed by atoms with van der Waals surface area (Å²) >= 11 is 0. The van der Waals surface area contributed by atoms with Gasteiger partial charge in [-0.05, 0) is 103 Å². The van der Waals surface area contributed by atoms with Crippen LogP contribution in [-0.2, 0) is 6.54 Å². The molecule has 11 aromatic rings. The number of phenols is 3. The van der Waals surface area contributed by atoms with Gasteiger partial charge in [-0.15, -0.1) is 0 Å². The van der Waals surface area contributed by atoms with Crippen molar-refractivity contribution in [1.82, 2.24) is 44.0 Å². The van der Waals surface area contributed by atoms with Crippen LogP contribution in [0.1, 0.15) is 114 Å². The molecule has 566 valence electrons. The van der Waals surface area contributed by atoms with Crippen molar-refractivity contribution >= 4 is 68.9 Å². The molecule has 3 amide bonds. The average molecular weight is 1480 g/mol. The molecule has 0 aliphatic heterocycles. The standard InChI is InChI=1S/C29H31N5O4.C28H29N5O4.C25H31N5O4/c1-4-22(20-14-9-6-10-15-20)30-24-25(31-23-17-11-16-21(26(23)35)28(37)33(2)3)29(38)34(32-27(24)36)18-19-12-7-5-8-13-19;1-4-21(18-12-7-5-8-13-18)29-23-24(28(37)33(31-26(23)35)19-14-9-6-10-15-19)30-22-17-11-16-20(25(22)34)27(36)32(2)3;1-15(25(2,3)4)26-19-20(24(34)30(28-22(19)32)16-11-8-7-9-12-16)27-18-14-10-13-17(21(18)31)23(33)29(5)6/h5-17,22,30-31,35H,4,18H2,1-3H3,(H,32,36);5-17,21,29-30,34H,4H2,1-3H3,(H,31,35);7-15,26-27,31H,1-6H3,(H,28,32)/t22-;21-;15-/m110/s1. The summed E-state index contributed by atoms with van der Waals surface area (Å²) in [5.41, 5.74) is 0.886. The molecule has 0 saturated carbocycles. The Kier molecular flexibility index (Phi) is 25.9. The van der Waals surface area contributed by atoms with Crippen LogP contribution in [0.2, 0.25) is 0 Å². The van der Waals surface area contributed by atoms with Crippen molar-refractivity contribution < 1.29 is 29.7 Å². The Morgan fingerprint density at radius 2 is 0.697 bits per heavy atom. The zero-order valence-electron chi connectivity index (χ0n) is 62.7. The molecule has 0 spiro atoms. The first kappa shape index (κ1) is 79.5. The molecule has 0 aliphatic carbocycles. The number of phenolic OH excluding ortho intramolecular Hbond substituents is 3. The van der Waals surface area contributed by atoms with E-state index >= 15 is 0 Å². The van der Waals surface area contributed by atoms with Gasteiger partial charge in [0.25, 0.3) is 51.1 Å². The molecule has 27 nitrogen and oxygen atoms in total. The number of para-hydroxylation sites is 5. The monoisotopic (exact) mass is 1480 g/mol. The molecule has 0 unspecified atom stereocenters. The topological polar surface area (TPSA) is 358 Å². The van der Waals surface area contributed by atoms with Crippen LogP contribution in [0.5, 0.6) is 17.2 Å². The molecule has 109 heavy (non-hydrogen) atoms. The quantitative estimate of drug-likeness (QED) is 0.0265. The van der Waals surface area contributed by atoms with Crippen molar-refractivity contribution in [1.29, 1.82) is 0 Å². The number of benzene rings is 8. The number of amides is 3. The van der Waals surface area contributed by atoms with Crippen LogP contribution in [0, 0.1) is 5.41 Å². The first-order chi connectivity index (χ1) is 52.0. The summed E-state index contributed by atoms with van der Waals surface area (Å²) in [6.45, 7) is 12.0. The molecule has 0 radical (unpaired) electrons. The van der Waals surface area contributed by atoms with Crippen molar-refractivity contribution in [2.75, 3.05) is 74.2 Å². The van der Waals surface area contributed by atoms with Crippen LogP contribution < -0.4 is 65.3 Å². The fourth-order valence-corrected chi connectivity index (χ4v) is 11.4. The minimum absolute atomic E-state index is 0.0247. The molecule has 27 heteroatoms. The van der Waals surface area contributed by atoms with Gasteiger partial charge in [0, 0.05) is 48.3 Å². The lowest BCUT2D eigenvalue weighted by Gasteiger charge is -2.29. The Labute approximate surface area is 628 Å². The van der Waals surface area contributed by atoms with Crippen LogP contribution in [0.4, 0.5) is 51.2 Å². The second-order valence-corrected chi connectivity index (χ2v) is 27.2. The summed E-state index contributed by atoms with van der Waals surface area (Å²) in [4.78, 5) is 122. The van der Waals surface area contributed by atoms with E-state index in [1.165, 1.54) is 49.7 Å². The number of hydrogen-bond acceptors (Lipinski definition) is 18. The number of aromatic hydroxyl groups is 3. The fourth-order valence-electron chi connectivity index (χ4n) is 11.4. The zero-order chi connectivity index (χ0) is 79.0. The molecule has 0 bridgehead atoms. The summed E-state index contributed by atoms with van der Waals surface area (Å²) in [6.07, 6.45) is 1.29. The number of aromatic nitrogens is 6. The van der Waals surface area contributed by atoms with Crippen molar-refractivity contribution in [3.63, 3.8) is 0 Å². The maximum absolute atomic E-state index is 13.7. The van der Waals surface area contributed by atoms with Crippen LogP contribution in [0.25, 0.3) is 11.4 Å². The predicted octanol–water partition coefficient (Wildman–Crippen LogP) is 12.1. The maximum Gasteiger partial charge on any atom is 0.295 e. The Morgan fingerprint density at radius 1 is 0.394 bits per heavy atom. The summed E-state index contributed by atoms with van der Waals surface area (Å²) in [5.74, 6) is -2.15. The van der Waals surface area contributed by atoms with Gasteiger partial charge in [-0.1, -0.05) is 180 Å². The van der Waals surface area contributed by atoms with Crippen LogP contribution in [-0.4, -0.2) is 125 Å². The zero-order valence-corrected chi connectivity index (χ0v) is 62.7. The number of carbonyl (C=O) groups excluding carboxylic acids is 3. The van der Waals surface area contributed by atoms with E-state index in [0.717, 1.165) is 26.1 Å². The molecule has 0 saturated heterocycles. The van der Waals surface area contributed by atoms with Gasteiger partial charge in [0.15, 0.2) is 17.2 Å². The van der Waals surface area contributed by atoms with Crippen molar-refractivity contribution in [2.24, 2.45) is 5.41 Å². The molecule has 11 rings (SSSR count). The van der Waals surface area contributed by atoms with Crippen LogP contribution in [0.3, 0.4) is 0 Å². The number of anilines is 9. The lowest BCUT2D eigenvalue weighted by atomic mass is 9.88. The van der Waals surface area contributed by atoms with Gasteiger partial charge in [0.05, 0.1) is 63.8 Å².